The molecule has 2 unspecified atom stereocenters. The number of allylic oxidation sites excluding steroid dienone is 4. The number of hydrogen-bond donors (Lipinski definition) is 0. The molecule has 0 saturated heterocycles. The van der Waals surface area contributed by atoms with E-state index in [9.17, 15) is 0 Å². The number of benzene rings is 4. The van der Waals surface area contributed by atoms with Crippen LogP contribution < -0.4 is 4.90 Å². The highest BCUT2D eigenvalue weighted by Gasteiger charge is 2.46. The van der Waals surface area contributed by atoms with Crippen molar-refractivity contribution in [1.82, 2.24) is 0 Å². The van der Waals surface area contributed by atoms with E-state index < -0.39 is 0 Å². The lowest BCUT2D eigenvalue weighted by atomic mass is 9.94. The molecule has 33 heavy (non-hydrogen) atoms. The second-order valence-electron chi connectivity index (χ2n) is 9.11. The Bertz CT molecular complexity index is 1310. The van der Waals surface area contributed by atoms with Gasteiger partial charge in [-0.25, -0.2) is 0 Å². The predicted octanol–water partition coefficient (Wildman–Crippen LogP) is 8.42. The minimum absolute atomic E-state index is 0.570. The van der Waals surface area contributed by atoms with Crippen LogP contribution in [0.1, 0.15) is 17.5 Å². The van der Waals surface area contributed by atoms with Crippen molar-refractivity contribution in [3.05, 3.63) is 138 Å². The van der Waals surface area contributed by atoms with Crippen LogP contribution in [0.25, 0.3) is 16.7 Å². The zero-order valence-electron chi connectivity index (χ0n) is 18.9. The molecular weight excluding hydrogens is 398 g/mol. The second-order valence-corrected chi connectivity index (χ2v) is 9.11. The third-order valence-corrected chi connectivity index (χ3v) is 6.89. The van der Waals surface area contributed by atoms with Gasteiger partial charge in [-0.1, -0.05) is 96.6 Å². The fourth-order valence-electron chi connectivity index (χ4n) is 5.04. The molecule has 0 aliphatic heterocycles. The van der Waals surface area contributed by atoms with E-state index in [1.807, 2.05) is 0 Å². The largest absolute Gasteiger partial charge is 0.314 e. The van der Waals surface area contributed by atoms with Crippen molar-refractivity contribution >= 4 is 16.9 Å². The van der Waals surface area contributed by atoms with Crippen molar-refractivity contribution in [3.63, 3.8) is 0 Å². The van der Waals surface area contributed by atoms with E-state index in [4.69, 9.17) is 0 Å². The quantitative estimate of drug-likeness (QED) is 0.310. The van der Waals surface area contributed by atoms with Crippen LogP contribution in [0.2, 0.25) is 0 Å². The first kappa shape index (κ1) is 19.8. The Balaban J connectivity index is 1.40. The molecule has 2 aliphatic rings. The van der Waals surface area contributed by atoms with Crippen LogP contribution in [-0.2, 0) is 0 Å². The molecular formula is C32H27N. The van der Waals surface area contributed by atoms with Gasteiger partial charge in [-0.15, -0.1) is 0 Å². The van der Waals surface area contributed by atoms with Crippen molar-refractivity contribution in [1.29, 1.82) is 0 Å². The Labute approximate surface area is 196 Å². The Kier molecular flexibility index (Phi) is 4.96. The molecule has 1 heteroatoms. The van der Waals surface area contributed by atoms with E-state index in [0.29, 0.717) is 11.8 Å². The predicted molar refractivity (Wildman–Crippen MR) is 139 cm³/mol. The van der Waals surface area contributed by atoms with Gasteiger partial charge in [-0.2, -0.15) is 0 Å². The highest BCUT2D eigenvalue weighted by molar-refractivity contribution is 5.79. The fourth-order valence-corrected chi connectivity index (χ4v) is 5.04. The lowest BCUT2D eigenvalue weighted by molar-refractivity contribution is 0.881. The van der Waals surface area contributed by atoms with Crippen LogP contribution in [0, 0.1) is 18.8 Å². The fraction of sp³-hybridized carbons (Fsp3) is 0.125. The average Bonchev–Trinajstić information content (AvgIpc) is 3.68. The topological polar surface area (TPSA) is 3.24 Å². The second kappa shape index (κ2) is 8.26. The number of aryl methyl sites for hydroxylation is 1. The Morgan fingerprint density at radius 1 is 0.545 bits per heavy atom. The lowest BCUT2D eigenvalue weighted by Gasteiger charge is -2.30. The molecule has 160 valence electrons. The van der Waals surface area contributed by atoms with Gasteiger partial charge in [0.25, 0.3) is 0 Å². The van der Waals surface area contributed by atoms with Crippen LogP contribution in [-0.4, -0.2) is 0 Å². The summed E-state index contributed by atoms with van der Waals surface area (Å²) in [4.78, 5) is 2.46. The lowest BCUT2D eigenvalue weighted by Crippen LogP contribution is -2.19. The van der Waals surface area contributed by atoms with Crippen LogP contribution in [0.5, 0.6) is 0 Å². The van der Waals surface area contributed by atoms with E-state index in [0.717, 1.165) is 0 Å². The van der Waals surface area contributed by atoms with Gasteiger partial charge >= 0.3 is 0 Å². The van der Waals surface area contributed by atoms with Crippen molar-refractivity contribution in [3.8, 4) is 11.1 Å². The highest BCUT2D eigenvalue weighted by Crippen LogP contribution is 2.56. The Morgan fingerprint density at radius 3 is 1.73 bits per heavy atom. The third-order valence-electron chi connectivity index (χ3n) is 6.89. The van der Waals surface area contributed by atoms with Gasteiger partial charge in [0.05, 0.1) is 0 Å². The molecule has 0 aromatic heterocycles. The zero-order chi connectivity index (χ0) is 22.2. The number of anilines is 2. The first-order chi connectivity index (χ1) is 16.3. The van der Waals surface area contributed by atoms with E-state index in [-0.39, 0.29) is 0 Å². The molecule has 0 heterocycles. The summed E-state index contributed by atoms with van der Waals surface area (Å²) in [5, 5.41) is 0. The number of hydrogen-bond acceptors (Lipinski definition) is 1. The average molecular weight is 426 g/mol. The Hall–Kier alpha value is -3.84. The van der Waals surface area contributed by atoms with E-state index in [1.54, 1.807) is 0 Å². The molecule has 2 aliphatic carbocycles. The first-order valence-corrected chi connectivity index (χ1v) is 11.8. The molecule has 1 fully saturated rings. The van der Waals surface area contributed by atoms with Crippen LogP contribution in [0.15, 0.2) is 127 Å². The summed E-state index contributed by atoms with van der Waals surface area (Å²) in [6, 6.07) is 39.3. The molecule has 4 aromatic rings. The molecule has 0 amide bonds. The molecule has 1 saturated carbocycles. The number of fused-ring (bicyclic) bond motifs is 1. The van der Waals surface area contributed by atoms with E-state index in [1.165, 1.54) is 51.3 Å². The van der Waals surface area contributed by atoms with E-state index >= 15 is 0 Å². The van der Waals surface area contributed by atoms with Crippen molar-refractivity contribution in [2.45, 2.75) is 13.3 Å². The van der Waals surface area contributed by atoms with Gasteiger partial charge in [0.1, 0.15) is 0 Å². The first-order valence-electron chi connectivity index (χ1n) is 11.8. The van der Waals surface area contributed by atoms with Crippen LogP contribution in [0.4, 0.5) is 11.4 Å². The SMILES string of the molecule is Cc1ccc(N(C2=CC=C(c3ccccc3)C3CC23)c2ccc(-c3ccccc3)cc2)cc1. The standard InChI is InChI=1S/C32H27N/c1-23-12-16-27(17-13-23)33(28-18-14-25(15-19-28)24-8-4-2-5-9-24)32-21-20-29(30-22-31(30)32)26-10-6-3-7-11-26/h2-21,30-31H,22H2,1H3. The molecule has 6 rings (SSSR count). The summed E-state index contributed by atoms with van der Waals surface area (Å²) in [5.74, 6) is 1.18. The summed E-state index contributed by atoms with van der Waals surface area (Å²) in [6.45, 7) is 2.15. The summed E-state index contributed by atoms with van der Waals surface area (Å²) in [6.07, 6.45) is 5.91. The van der Waals surface area contributed by atoms with Crippen LogP contribution in [0.3, 0.4) is 0 Å². The monoisotopic (exact) mass is 425 g/mol. The highest BCUT2D eigenvalue weighted by atomic mass is 15.2. The normalized spacial score (nSPS) is 18.7. The summed E-state index contributed by atoms with van der Waals surface area (Å²) in [7, 11) is 0. The van der Waals surface area contributed by atoms with Crippen molar-refractivity contribution < 1.29 is 0 Å². The molecule has 4 aromatic carbocycles. The zero-order valence-corrected chi connectivity index (χ0v) is 18.9. The maximum atomic E-state index is 2.46. The van der Waals surface area contributed by atoms with Gasteiger partial charge in [0, 0.05) is 23.0 Å². The molecule has 0 spiro atoms. The minimum Gasteiger partial charge on any atom is -0.314 e. The molecule has 1 nitrogen and oxygen atoms in total. The van der Waals surface area contributed by atoms with Gasteiger partial charge in [-0.3, -0.25) is 0 Å². The summed E-state index contributed by atoms with van der Waals surface area (Å²) >= 11 is 0. The van der Waals surface area contributed by atoms with Crippen LogP contribution >= 0.6 is 0 Å². The molecule has 0 bridgehead atoms. The molecule has 2 atom stereocenters. The Morgan fingerprint density at radius 2 is 1.09 bits per heavy atom. The number of nitrogens with zero attached hydrogens (tertiary/aromatic N) is 1. The van der Waals surface area contributed by atoms with Gasteiger partial charge in [-0.05, 0) is 71.9 Å². The smallest absolute Gasteiger partial charge is 0.0458 e. The van der Waals surface area contributed by atoms with Crippen molar-refractivity contribution in [2.75, 3.05) is 4.90 Å². The number of rotatable bonds is 5. The third kappa shape index (κ3) is 3.81. The summed E-state index contributed by atoms with van der Waals surface area (Å²) in [5.41, 5.74) is 10.5. The molecule has 0 radical (unpaired) electrons. The van der Waals surface area contributed by atoms with E-state index in [2.05, 4.69) is 133 Å². The maximum absolute atomic E-state index is 2.46. The maximum Gasteiger partial charge on any atom is 0.0458 e. The minimum atomic E-state index is 0.570. The molecule has 0 N–H and O–H groups in total. The van der Waals surface area contributed by atoms with Gasteiger partial charge < -0.3 is 4.90 Å². The summed E-state index contributed by atoms with van der Waals surface area (Å²) < 4.78 is 0. The van der Waals surface area contributed by atoms with Gasteiger partial charge in [0.2, 0.25) is 0 Å². The van der Waals surface area contributed by atoms with Crippen molar-refractivity contribution in [2.24, 2.45) is 11.8 Å². The van der Waals surface area contributed by atoms with Gasteiger partial charge in [0.15, 0.2) is 0 Å².